The maximum Gasteiger partial charge on any atom is 0.252 e. The molecule has 3 rings (SSSR count). The maximum atomic E-state index is 11.8. The highest BCUT2D eigenvalue weighted by atomic mass is 32.1. The summed E-state index contributed by atoms with van der Waals surface area (Å²) in [6, 6.07) is 5.34. The van der Waals surface area contributed by atoms with Crippen molar-refractivity contribution in [3.8, 4) is 11.4 Å². The molecule has 0 bridgehead atoms. The van der Waals surface area contributed by atoms with Crippen LogP contribution in [0.1, 0.15) is 16.2 Å². The Morgan fingerprint density at radius 1 is 1.30 bits per heavy atom. The van der Waals surface area contributed by atoms with E-state index in [9.17, 15) is 4.79 Å². The Balaban J connectivity index is 1.65. The molecular weight excluding hydrogens is 276 g/mol. The Kier molecular flexibility index (Phi) is 3.51. The summed E-state index contributed by atoms with van der Waals surface area (Å²) < 4.78 is 5.09. The molecule has 0 aliphatic heterocycles. The molecule has 0 radical (unpaired) electrons. The normalized spacial score (nSPS) is 10.4. The first-order chi connectivity index (χ1) is 9.83. The highest BCUT2D eigenvalue weighted by Gasteiger charge is 2.10. The summed E-state index contributed by atoms with van der Waals surface area (Å²) in [5.41, 5.74) is 1.45. The van der Waals surface area contributed by atoms with Gasteiger partial charge in [-0.15, -0.1) is 0 Å². The Labute approximate surface area is 118 Å². The van der Waals surface area contributed by atoms with E-state index in [4.69, 9.17) is 4.52 Å². The third-order valence-corrected chi connectivity index (χ3v) is 3.27. The monoisotopic (exact) mass is 286 g/mol. The van der Waals surface area contributed by atoms with Crippen molar-refractivity contribution in [2.45, 2.75) is 6.54 Å². The van der Waals surface area contributed by atoms with E-state index in [2.05, 4.69) is 20.4 Å². The number of carbonyl (C=O) groups excluding carboxylic acids is 1. The van der Waals surface area contributed by atoms with E-state index in [1.165, 1.54) is 11.3 Å². The van der Waals surface area contributed by atoms with Gasteiger partial charge in [0.1, 0.15) is 0 Å². The highest BCUT2D eigenvalue weighted by molar-refractivity contribution is 7.08. The number of hydrogen-bond donors (Lipinski definition) is 1. The molecule has 0 aliphatic rings. The van der Waals surface area contributed by atoms with Gasteiger partial charge in [0.2, 0.25) is 11.7 Å². The smallest absolute Gasteiger partial charge is 0.252 e. The van der Waals surface area contributed by atoms with Gasteiger partial charge in [0, 0.05) is 28.9 Å². The second-order valence-corrected chi connectivity index (χ2v) is 4.72. The van der Waals surface area contributed by atoms with Gasteiger partial charge in [0.05, 0.1) is 6.54 Å². The molecule has 0 unspecified atom stereocenters. The summed E-state index contributed by atoms with van der Waals surface area (Å²) in [6.45, 7) is 0.201. The van der Waals surface area contributed by atoms with Crippen LogP contribution in [-0.2, 0) is 6.54 Å². The summed E-state index contributed by atoms with van der Waals surface area (Å²) in [7, 11) is 0. The lowest BCUT2D eigenvalue weighted by atomic mass is 10.2. The molecule has 0 saturated heterocycles. The van der Waals surface area contributed by atoms with Crippen LogP contribution in [0.3, 0.4) is 0 Å². The van der Waals surface area contributed by atoms with Crippen LogP contribution in [0.4, 0.5) is 0 Å². The van der Waals surface area contributed by atoms with Gasteiger partial charge >= 0.3 is 0 Å². The molecule has 0 spiro atoms. The maximum absolute atomic E-state index is 11.8. The zero-order valence-corrected chi connectivity index (χ0v) is 11.1. The van der Waals surface area contributed by atoms with Crippen molar-refractivity contribution in [3.63, 3.8) is 0 Å². The van der Waals surface area contributed by atoms with Gasteiger partial charge in [-0.3, -0.25) is 9.78 Å². The van der Waals surface area contributed by atoms with E-state index in [0.29, 0.717) is 17.3 Å². The van der Waals surface area contributed by atoms with Crippen molar-refractivity contribution in [3.05, 3.63) is 52.8 Å². The molecule has 100 valence electrons. The topological polar surface area (TPSA) is 80.9 Å². The van der Waals surface area contributed by atoms with E-state index in [1.54, 1.807) is 36.0 Å². The fourth-order valence-electron chi connectivity index (χ4n) is 1.60. The first kappa shape index (κ1) is 12.5. The third-order valence-electron chi connectivity index (χ3n) is 2.59. The van der Waals surface area contributed by atoms with Gasteiger partial charge in [-0.2, -0.15) is 16.3 Å². The van der Waals surface area contributed by atoms with Crippen molar-refractivity contribution in [1.82, 2.24) is 20.4 Å². The van der Waals surface area contributed by atoms with Gasteiger partial charge in [0.15, 0.2) is 0 Å². The second kappa shape index (κ2) is 5.62. The minimum absolute atomic E-state index is 0.157. The summed E-state index contributed by atoms with van der Waals surface area (Å²) in [4.78, 5) is 19.9. The SMILES string of the molecule is O=C(NCc1nc(-c2ccncc2)no1)c1ccsc1. The standard InChI is InChI=1S/C13H10N4O2S/c18-13(10-3-6-20-8-10)15-7-11-16-12(17-19-11)9-1-4-14-5-2-9/h1-6,8H,7H2,(H,15,18). The van der Waals surface area contributed by atoms with E-state index in [0.717, 1.165) is 5.56 Å². The van der Waals surface area contributed by atoms with Crippen LogP contribution in [-0.4, -0.2) is 21.0 Å². The fraction of sp³-hybridized carbons (Fsp3) is 0.0769. The number of rotatable bonds is 4. The van der Waals surface area contributed by atoms with Crippen molar-refractivity contribution in [1.29, 1.82) is 0 Å². The number of nitrogens with one attached hydrogen (secondary N) is 1. The van der Waals surface area contributed by atoms with Crippen LogP contribution >= 0.6 is 11.3 Å². The number of pyridine rings is 1. The van der Waals surface area contributed by atoms with Crippen LogP contribution in [0.15, 0.2) is 45.9 Å². The quantitative estimate of drug-likeness (QED) is 0.794. The summed E-state index contributed by atoms with van der Waals surface area (Å²) in [5, 5.41) is 10.2. The molecule has 1 amide bonds. The number of aromatic nitrogens is 3. The molecule has 0 fully saturated rings. The predicted molar refractivity (Wildman–Crippen MR) is 73.0 cm³/mol. The van der Waals surface area contributed by atoms with Crippen molar-refractivity contribution >= 4 is 17.2 Å². The summed E-state index contributed by atoms with van der Waals surface area (Å²) in [5.74, 6) is 0.683. The molecule has 0 atom stereocenters. The molecule has 3 heterocycles. The number of hydrogen-bond acceptors (Lipinski definition) is 6. The number of carbonyl (C=O) groups is 1. The number of nitrogens with zero attached hydrogens (tertiary/aromatic N) is 3. The molecule has 0 aliphatic carbocycles. The lowest BCUT2D eigenvalue weighted by Gasteiger charge is -1.98. The predicted octanol–water partition coefficient (Wildman–Crippen LogP) is 2.12. The van der Waals surface area contributed by atoms with Crippen LogP contribution in [0.25, 0.3) is 11.4 Å². The van der Waals surface area contributed by atoms with Crippen LogP contribution in [0.5, 0.6) is 0 Å². The van der Waals surface area contributed by atoms with Crippen molar-refractivity contribution in [2.24, 2.45) is 0 Å². The van der Waals surface area contributed by atoms with Crippen molar-refractivity contribution in [2.75, 3.05) is 0 Å². The zero-order chi connectivity index (χ0) is 13.8. The lowest BCUT2D eigenvalue weighted by molar-refractivity contribution is 0.0946. The number of amides is 1. The van der Waals surface area contributed by atoms with Crippen LogP contribution in [0, 0.1) is 0 Å². The van der Waals surface area contributed by atoms with E-state index in [1.807, 2.05) is 5.38 Å². The van der Waals surface area contributed by atoms with Gasteiger partial charge in [-0.1, -0.05) is 5.16 Å². The van der Waals surface area contributed by atoms with Gasteiger partial charge < -0.3 is 9.84 Å². The lowest BCUT2D eigenvalue weighted by Crippen LogP contribution is -2.22. The second-order valence-electron chi connectivity index (χ2n) is 3.94. The van der Waals surface area contributed by atoms with Crippen LogP contribution in [0.2, 0.25) is 0 Å². The molecule has 0 saturated carbocycles. The van der Waals surface area contributed by atoms with E-state index >= 15 is 0 Å². The largest absolute Gasteiger partial charge is 0.343 e. The molecule has 6 nitrogen and oxygen atoms in total. The molecule has 0 aromatic carbocycles. The summed E-state index contributed by atoms with van der Waals surface area (Å²) >= 11 is 1.47. The van der Waals surface area contributed by atoms with Gasteiger partial charge in [-0.25, -0.2) is 0 Å². The highest BCUT2D eigenvalue weighted by Crippen LogP contribution is 2.14. The molecular formula is C13H10N4O2S. The molecule has 3 aromatic rings. The number of thiophene rings is 1. The first-order valence-corrected chi connectivity index (χ1v) is 6.80. The first-order valence-electron chi connectivity index (χ1n) is 5.86. The van der Waals surface area contributed by atoms with Gasteiger partial charge in [-0.05, 0) is 23.6 Å². The molecule has 7 heteroatoms. The van der Waals surface area contributed by atoms with Crippen molar-refractivity contribution < 1.29 is 9.32 Å². The average Bonchev–Trinajstić information content (AvgIpc) is 3.17. The summed E-state index contributed by atoms with van der Waals surface area (Å²) in [6.07, 6.45) is 3.31. The Hall–Kier alpha value is -2.54. The third kappa shape index (κ3) is 2.72. The Morgan fingerprint density at radius 2 is 2.15 bits per heavy atom. The van der Waals surface area contributed by atoms with Crippen LogP contribution < -0.4 is 5.32 Å². The molecule has 3 aromatic heterocycles. The Bertz CT molecular complexity index is 694. The fourth-order valence-corrected chi connectivity index (χ4v) is 2.23. The minimum atomic E-state index is -0.157. The van der Waals surface area contributed by atoms with Gasteiger partial charge in [0.25, 0.3) is 5.91 Å². The van der Waals surface area contributed by atoms with E-state index in [-0.39, 0.29) is 12.5 Å². The average molecular weight is 286 g/mol. The molecule has 20 heavy (non-hydrogen) atoms. The molecule has 1 N–H and O–H groups in total. The zero-order valence-electron chi connectivity index (χ0n) is 10.3. The Morgan fingerprint density at radius 3 is 2.90 bits per heavy atom. The van der Waals surface area contributed by atoms with E-state index < -0.39 is 0 Å². The minimum Gasteiger partial charge on any atom is -0.343 e.